The van der Waals surface area contributed by atoms with Crippen LogP contribution in [0.15, 0.2) is 83.9 Å². The summed E-state index contributed by atoms with van der Waals surface area (Å²) in [5, 5.41) is 0.848. The molecule has 7 nitrogen and oxygen atoms in total. The lowest BCUT2D eigenvalue weighted by molar-refractivity contribution is 0.168. The maximum atomic E-state index is 13.9. The van der Waals surface area contributed by atoms with Crippen molar-refractivity contribution in [2.24, 2.45) is 0 Å². The molecule has 1 saturated carbocycles. The van der Waals surface area contributed by atoms with Crippen LogP contribution in [0.5, 0.6) is 0 Å². The van der Waals surface area contributed by atoms with Gasteiger partial charge in [0, 0.05) is 56.3 Å². The zero-order chi connectivity index (χ0) is 26.5. The normalized spacial score (nSPS) is 19.5. The highest BCUT2D eigenvalue weighted by Gasteiger charge is 2.46. The van der Waals surface area contributed by atoms with Crippen molar-refractivity contribution in [3.05, 3.63) is 90.1 Å². The Morgan fingerprint density at radius 3 is 2.33 bits per heavy atom. The number of pyridine rings is 2. The van der Waals surface area contributed by atoms with E-state index in [1.54, 1.807) is 16.4 Å². The molecular formula is C31H33N5O2S. The Bertz CT molecular complexity index is 1620. The van der Waals surface area contributed by atoms with Gasteiger partial charge in [-0.15, -0.1) is 0 Å². The first-order valence-corrected chi connectivity index (χ1v) is 15.4. The predicted molar refractivity (Wildman–Crippen MR) is 155 cm³/mol. The van der Waals surface area contributed by atoms with Gasteiger partial charge in [-0.05, 0) is 72.9 Å². The molecule has 4 aromatic rings. The quantitative estimate of drug-likeness (QED) is 0.365. The van der Waals surface area contributed by atoms with Gasteiger partial charge in [-0.2, -0.15) is 4.31 Å². The van der Waals surface area contributed by atoms with Crippen molar-refractivity contribution < 1.29 is 8.42 Å². The van der Waals surface area contributed by atoms with Crippen molar-refractivity contribution in [3.8, 4) is 0 Å². The fraction of sp³-hybridized carbons (Fsp3) is 0.355. The third-order valence-corrected chi connectivity index (χ3v) is 10.6. The number of benzene rings is 2. The molecule has 2 aliphatic heterocycles. The summed E-state index contributed by atoms with van der Waals surface area (Å²) in [6.07, 6.45) is 6.12. The van der Waals surface area contributed by atoms with E-state index >= 15 is 0 Å². The minimum absolute atomic E-state index is 0.0332. The first kappa shape index (κ1) is 24.5. The number of hydrogen-bond donors (Lipinski definition) is 0. The van der Waals surface area contributed by atoms with Gasteiger partial charge in [-0.25, -0.2) is 18.4 Å². The van der Waals surface area contributed by atoms with Crippen LogP contribution in [-0.2, 0) is 22.0 Å². The van der Waals surface area contributed by atoms with Gasteiger partial charge in [0.05, 0.1) is 10.4 Å². The number of rotatable bonds is 4. The van der Waals surface area contributed by atoms with E-state index in [0.717, 1.165) is 80.0 Å². The Balaban J connectivity index is 1.12. The summed E-state index contributed by atoms with van der Waals surface area (Å²) < 4.78 is 29.4. The second kappa shape index (κ2) is 9.61. The average molecular weight is 540 g/mol. The van der Waals surface area contributed by atoms with Gasteiger partial charge in [0.25, 0.3) is 0 Å². The molecule has 2 aromatic heterocycles. The fourth-order valence-corrected chi connectivity index (χ4v) is 8.08. The number of fused-ring (bicyclic) bond motifs is 3. The van der Waals surface area contributed by atoms with E-state index in [9.17, 15) is 8.42 Å². The van der Waals surface area contributed by atoms with Gasteiger partial charge in [-0.3, -0.25) is 0 Å². The summed E-state index contributed by atoms with van der Waals surface area (Å²) >= 11 is 0. The largest absolute Gasteiger partial charge is 0.355 e. The van der Waals surface area contributed by atoms with E-state index in [2.05, 4.69) is 39.0 Å². The molecule has 0 unspecified atom stereocenters. The van der Waals surface area contributed by atoms with Crippen molar-refractivity contribution in [2.75, 3.05) is 42.5 Å². The number of hydrogen-bond acceptors (Lipinski definition) is 6. The summed E-state index contributed by atoms with van der Waals surface area (Å²) in [6, 6.07) is 23.8. The monoisotopic (exact) mass is 539 g/mol. The lowest BCUT2D eigenvalue weighted by atomic mass is 9.62. The molecular weight excluding hydrogens is 506 g/mol. The Kier molecular flexibility index (Phi) is 6.05. The molecule has 1 spiro atoms. The third kappa shape index (κ3) is 4.36. The van der Waals surface area contributed by atoms with E-state index in [0.29, 0.717) is 18.0 Å². The summed E-state index contributed by atoms with van der Waals surface area (Å²) in [5.41, 5.74) is 3.26. The molecule has 2 aromatic carbocycles. The van der Waals surface area contributed by atoms with Gasteiger partial charge in [-0.1, -0.05) is 36.8 Å². The minimum atomic E-state index is -3.63. The standard InChI is InChI=1S/C31H33N5O2S/c37-39(38,36-22-25-7-1-2-8-27(25)31(23-36)14-5-15-31)26-11-12-28-24(21-26)10-13-30(33-28)35-18-6-17-34(19-20-35)29-9-3-4-16-32-29/h1-4,7-13,16,21H,5-6,14-15,17-20,22-23H2. The molecule has 39 heavy (non-hydrogen) atoms. The lowest BCUT2D eigenvalue weighted by Crippen LogP contribution is -2.51. The maximum Gasteiger partial charge on any atom is 0.243 e. The summed E-state index contributed by atoms with van der Waals surface area (Å²) in [5.74, 6) is 1.94. The smallest absolute Gasteiger partial charge is 0.243 e. The van der Waals surface area contributed by atoms with Crippen molar-refractivity contribution >= 4 is 32.6 Å². The fourth-order valence-electron chi connectivity index (χ4n) is 6.54. The Morgan fingerprint density at radius 2 is 1.56 bits per heavy atom. The second-order valence-corrected chi connectivity index (χ2v) is 13.0. The minimum Gasteiger partial charge on any atom is -0.355 e. The van der Waals surface area contributed by atoms with Crippen LogP contribution in [0.3, 0.4) is 0 Å². The van der Waals surface area contributed by atoms with Gasteiger partial charge < -0.3 is 9.80 Å². The number of sulfonamides is 1. The second-order valence-electron chi connectivity index (χ2n) is 11.1. The molecule has 200 valence electrons. The average Bonchev–Trinajstić information content (AvgIpc) is 3.22. The molecule has 0 atom stereocenters. The molecule has 3 aliphatic rings. The van der Waals surface area contributed by atoms with Crippen LogP contribution in [0.1, 0.15) is 36.8 Å². The Morgan fingerprint density at radius 1 is 0.769 bits per heavy atom. The highest BCUT2D eigenvalue weighted by Crippen LogP contribution is 2.49. The van der Waals surface area contributed by atoms with Crippen molar-refractivity contribution in [3.63, 3.8) is 0 Å². The van der Waals surface area contributed by atoms with E-state index in [4.69, 9.17) is 4.98 Å². The van der Waals surface area contributed by atoms with Crippen molar-refractivity contribution in [1.29, 1.82) is 0 Å². The van der Waals surface area contributed by atoms with E-state index in [-0.39, 0.29) is 5.41 Å². The number of aromatic nitrogens is 2. The van der Waals surface area contributed by atoms with E-state index < -0.39 is 10.0 Å². The van der Waals surface area contributed by atoms with Crippen LogP contribution >= 0.6 is 0 Å². The molecule has 2 fully saturated rings. The molecule has 0 N–H and O–H groups in total. The zero-order valence-corrected chi connectivity index (χ0v) is 22.9. The molecule has 0 radical (unpaired) electrons. The van der Waals surface area contributed by atoms with Crippen molar-refractivity contribution in [1.82, 2.24) is 14.3 Å². The first-order valence-electron chi connectivity index (χ1n) is 13.9. The topological polar surface area (TPSA) is 69.6 Å². The predicted octanol–water partition coefficient (Wildman–Crippen LogP) is 4.97. The summed E-state index contributed by atoms with van der Waals surface area (Å²) in [7, 11) is -3.63. The van der Waals surface area contributed by atoms with Crippen LogP contribution in [-0.4, -0.2) is 55.4 Å². The van der Waals surface area contributed by atoms with Crippen LogP contribution < -0.4 is 9.80 Å². The summed E-state index contributed by atoms with van der Waals surface area (Å²) in [6.45, 7) is 4.62. The number of nitrogens with zero attached hydrogens (tertiary/aromatic N) is 5. The number of anilines is 2. The maximum absolute atomic E-state index is 13.9. The summed E-state index contributed by atoms with van der Waals surface area (Å²) in [4.78, 5) is 14.4. The zero-order valence-electron chi connectivity index (χ0n) is 22.0. The van der Waals surface area contributed by atoms with Gasteiger partial charge in [0.2, 0.25) is 10.0 Å². The van der Waals surface area contributed by atoms with Gasteiger partial charge >= 0.3 is 0 Å². The molecule has 0 bridgehead atoms. The highest BCUT2D eigenvalue weighted by atomic mass is 32.2. The van der Waals surface area contributed by atoms with E-state index in [1.807, 2.05) is 42.6 Å². The van der Waals surface area contributed by atoms with Gasteiger partial charge in [0.15, 0.2) is 0 Å². The molecule has 7 rings (SSSR count). The molecule has 8 heteroatoms. The molecule has 0 amide bonds. The van der Waals surface area contributed by atoms with Crippen LogP contribution in [0, 0.1) is 0 Å². The first-order chi connectivity index (χ1) is 19.0. The van der Waals surface area contributed by atoms with Crippen LogP contribution in [0.25, 0.3) is 10.9 Å². The van der Waals surface area contributed by atoms with Crippen LogP contribution in [0.4, 0.5) is 11.6 Å². The van der Waals surface area contributed by atoms with Crippen molar-refractivity contribution in [2.45, 2.75) is 42.5 Å². The molecule has 1 saturated heterocycles. The van der Waals surface area contributed by atoms with Gasteiger partial charge in [0.1, 0.15) is 11.6 Å². The molecule has 4 heterocycles. The Labute approximate surface area is 230 Å². The van der Waals surface area contributed by atoms with Crippen LogP contribution in [0.2, 0.25) is 0 Å². The van der Waals surface area contributed by atoms with E-state index in [1.165, 1.54) is 5.56 Å². The Hall–Kier alpha value is -3.49. The lowest BCUT2D eigenvalue weighted by Gasteiger charge is -2.49. The SMILES string of the molecule is O=S(=O)(c1ccc2nc(N3CCCN(c4ccccn4)CC3)ccc2c1)N1Cc2ccccc2C2(CCC2)C1. The molecule has 1 aliphatic carbocycles. The third-order valence-electron chi connectivity index (χ3n) is 8.80. The highest BCUT2D eigenvalue weighted by molar-refractivity contribution is 7.89.